The second-order valence-electron chi connectivity index (χ2n) is 6.69. The predicted molar refractivity (Wildman–Crippen MR) is 98.7 cm³/mol. The van der Waals surface area contributed by atoms with Crippen LogP contribution < -0.4 is 0 Å². The van der Waals surface area contributed by atoms with Crippen LogP contribution in [-0.4, -0.2) is 41.0 Å². The van der Waals surface area contributed by atoms with Crippen molar-refractivity contribution < 1.29 is 14.0 Å². The maximum Gasteiger partial charge on any atom is 0.262 e. The highest BCUT2D eigenvalue weighted by molar-refractivity contribution is 6.03. The number of carbonyl (C=O) groups is 2. The second kappa shape index (κ2) is 7.15. The molecular formula is C20H23N3O3. The van der Waals surface area contributed by atoms with E-state index in [-0.39, 0.29) is 24.4 Å². The number of furan rings is 1. The summed E-state index contributed by atoms with van der Waals surface area (Å²) in [5.74, 6) is 0.291. The molecule has 136 valence electrons. The molecule has 2 aromatic rings. The molecule has 0 bridgehead atoms. The summed E-state index contributed by atoms with van der Waals surface area (Å²) < 4.78 is 5.53. The van der Waals surface area contributed by atoms with Crippen LogP contribution in [-0.2, 0) is 9.59 Å². The monoisotopic (exact) mass is 353 g/mol. The van der Waals surface area contributed by atoms with Gasteiger partial charge in [-0.1, -0.05) is 12.1 Å². The zero-order valence-corrected chi connectivity index (χ0v) is 15.5. The topological polar surface area (TPSA) is 66.1 Å². The summed E-state index contributed by atoms with van der Waals surface area (Å²) >= 11 is 0. The van der Waals surface area contributed by atoms with Gasteiger partial charge in [-0.25, -0.2) is 5.01 Å². The first-order valence-corrected chi connectivity index (χ1v) is 8.59. The van der Waals surface area contributed by atoms with Crippen molar-refractivity contribution in [3.8, 4) is 0 Å². The fraction of sp³-hybridized carbons (Fsp3) is 0.350. The molecule has 6 heteroatoms. The molecule has 0 saturated heterocycles. The van der Waals surface area contributed by atoms with E-state index in [1.807, 2.05) is 12.1 Å². The lowest BCUT2D eigenvalue weighted by Gasteiger charge is -2.22. The summed E-state index contributed by atoms with van der Waals surface area (Å²) in [7, 11) is 1.60. The summed E-state index contributed by atoms with van der Waals surface area (Å²) in [5.41, 5.74) is 4.24. The van der Waals surface area contributed by atoms with Gasteiger partial charge in [-0.2, -0.15) is 5.10 Å². The van der Waals surface area contributed by atoms with Crippen LogP contribution in [0.1, 0.15) is 41.8 Å². The molecule has 1 atom stereocenters. The second-order valence-corrected chi connectivity index (χ2v) is 6.69. The molecule has 0 N–H and O–H groups in total. The molecule has 0 spiro atoms. The van der Waals surface area contributed by atoms with Gasteiger partial charge in [-0.15, -0.1) is 0 Å². The van der Waals surface area contributed by atoms with Crippen LogP contribution in [0, 0.1) is 13.8 Å². The maximum atomic E-state index is 12.7. The summed E-state index contributed by atoms with van der Waals surface area (Å²) in [5, 5.41) is 6.03. The number of hydrogen-bond acceptors (Lipinski definition) is 4. The molecular weight excluding hydrogens is 330 g/mol. The first-order chi connectivity index (χ1) is 12.4. The van der Waals surface area contributed by atoms with E-state index in [9.17, 15) is 9.59 Å². The van der Waals surface area contributed by atoms with E-state index in [1.165, 1.54) is 28.0 Å². The van der Waals surface area contributed by atoms with Crippen molar-refractivity contribution in [1.82, 2.24) is 9.91 Å². The number of amides is 2. The number of rotatable bonds is 4. The predicted octanol–water partition coefficient (Wildman–Crippen LogP) is 3.05. The van der Waals surface area contributed by atoms with Crippen LogP contribution in [0.25, 0.3) is 0 Å². The number of likely N-dealkylation sites (N-methyl/N-ethyl adjacent to an activating group) is 1. The first-order valence-electron chi connectivity index (χ1n) is 8.59. The Hall–Kier alpha value is -2.89. The van der Waals surface area contributed by atoms with E-state index >= 15 is 0 Å². The van der Waals surface area contributed by atoms with Gasteiger partial charge in [-0.05, 0) is 48.7 Å². The van der Waals surface area contributed by atoms with Crippen LogP contribution in [0.2, 0.25) is 0 Å². The van der Waals surface area contributed by atoms with Crippen molar-refractivity contribution in [1.29, 1.82) is 0 Å². The average Bonchev–Trinajstić information content (AvgIpc) is 3.25. The largest absolute Gasteiger partial charge is 0.467 e. The number of aryl methyl sites for hydroxylation is 2. The SMILES string of the molecule is CC(=O)N(C)CC(=O)N1N=C(c2ccc(C)c(C)c2)CC1c1ccco1. The Labute approximate surface area is 153 Å². The molecule has 6 nitrogen and oxygen atoms in total. The third-order valence-corrected chi connectivity index (χ3v) is 4.79. The van der Waals surface area contributed by atoms with Crippen molar-refractivity contribution in [3.05, 3.63) is 59.0 Å². The van der Waals surface area contributed by atoms with Crippen molar-refractivity contribution in [2.24, 2.45) is 5.10 Å². The average molecular weight is 353 g/mol. The summed E-state index contributed by atoms with van der Waals surface area (Å²) in [6.45, 7) is 5.54. The Morgan fingerprint density at radius 3 is 2.65 bits per heavy atom. The van der Waals surface area contributed by atoms with E-state index in [2.05, 4.69) is 31.1 Å². The molecule has 2 amide bonds. The highest BCUT2D eigenvalue weighted by Gasteiger charge is 2.35. The molecule has 1 unspecified atom stereocenters. The third-order valence-electron chi connectivity index (χ3n) is 4.79. The van der Waals surface area contributed by atoms with E-state index in [0.717, 1.165) is 11.3 Å². The van der Waals surface area contributed by atoms with Gasteiger partial charge in [0, 0.05) is 20.4 Å². The number of nitrogens with zero attached hydrogens (tertiary/aromatic N) is 3. The smallest absolute Gasteiger partial charge is 0.262 e. The van der Waals surface area contributed by atoms with Gasteiger partial charge in [0.25, 0.3) is 5.91 Å². The van der Waals surface area contributed by atoms with E-state index in [0.29, 0.717) is 12.2 Å². The number of hydrogen-bond donors (Lipinski definition) is 0. The van der Waals surface area contributed by atoms with Crippen molar-refractivity contribution >= 4 is 17.5 Å². The number of benzene rings is 1. The van der Waals surface area contributed by atoms with E-state index in [4.69, 9.17) is 4.42 Å². The minimum Gasteiger partial charge on any atom is -0.467 e. The molecule has 2 heterocycles. The molecule has 0 aliphatic carbocycles. The van der Waals surface area contributed by atoms with Gasteiger partial charge < -0.3 is 9.32 Å². The van der Waals surface area contributed by atoms with E-state index in [1.54, 1.807) is 19.4 Å². The van der Waals surface area contributed by atoms with Gasteiger partial charge >= 0.3 is 0 Å². The molecule has 0 radical (unpaired) electrons. The minimum atomic E-state index is -0.297. The van der Waals surface area contributed by atoms with Crippen LogP contribution in [0.3, 0.4) is 0 Å². The molecule has 1 aromatic carbocycles. The van der Waals surface area contributed by atoms with Gasteiger partial charge in [0.1, 0.15) is 18.3 Å². The highest BCUT2D eigenvalue weighted by Crippen LogP contribution is 2.33. The van der Waals surface area contributed by atoms with Crippen molar-refractivity contribution in [3.63, 3.8) is 0 Å². The minimum absolute atomic E-state index is 0.0176. The quantitative estimate of drug-likeness (QED) is 0.848. The van der Waals surface area contributed by atoms with Crippen LogP contribution >= 0.6 is 0 Å². The lowest BCUT2D eigenvalue weighted by atomic mass is 9.99. The van der Waals surface area contributed by atoms with Gasteiger partial charge in [0.2, 0.25) is 5.91 Å². The van der Waals surface area contributed by atoms with Crippen LogP contribution in [0.5, 0.6) is 0 Å². The fourth-order valence-electron chi connectivity index (χ4n) is 2.92. The lowest BCUT2D eigenvalue weighted by molar-refractivity contribution is -0.139. The number of carbonyl (C=O) groups excluding carboxylic acids is 2. The normalized spacial score (nSPS) is 16.5. The highest BCUT2D eigenvalue weighted by atomic mass is 16.3. The van der Waals surface area contributed by atoms with Crippen LogP contribution in [0.4, 0.5) is 0 Å². The molecule has 1 aromatic heterocycles. The Balaban J connectivity index is 1.91. The van der Waals surface area contributed by atoms with Gasteiger partial charge in [0.15, 0.2) is 0 Å². The van der Waals surface area contributed by atoms with Gasteiger partial charge in [-0.3, -0.25) is 9.59 Å². The third kappa shape index (κ3) is 3.54. The first kappa shape index (κ1) is 17.9. The summed E-state index contributed by atoms with van der Waals surface area (Å²) in [4.78, 5) is 25.6. The molecule has 0 saturated carbocycles. The van der Waals surface area contributed by atoms with E-state index < -0.39 is 0 Å². The Kier molecular flexibility index (Phi) is 4.93. The summed E-state index contributed by atoms with van der Waals surface area (Å²) in [6.07, 6.45) is 2.17. The molecule has 1 aliphatic heterocycles. The zero-order chi connectivity index (χ0) is 18.8. The van der Waals surface area contributed by atoms with Crippen LogP contribution in [0.15, 0.2) is 46.1 Å². The Morgan fingerprint density at radius 1 is 1.27 bits per heavy atom. The molecule has 26 heavy (non-hydrogen) atoms. The lowest BCUT2D eigenvalue weighted by Crippen LogP contribution is -2.38. The Morgan fingerprint density at radius 2 is 2.04 bits per heavy atom. The van der Waals surface area contributed by atoms with Crippen molar-refractivity contribution in [2.45, 2.75) is 33.2 Å². The van der Waals surface area contributed by atoms with Crippen molar-refractivity contribution in [2.75, 3.05) is 13.6 Å². The Bertz CT molecular complexity index is 855. The molecule has 3 rings (SSSR count). The number of hydrazone groups is 1. The maximum absolute atomic E-state index is 12.7. The molecule has 1 aliphatic rings. The standard InChI is InChI=1S/C20H23N3O3/c1-13-7-8-16(10-14(13)2)17-11-18(19-6-5-9-26-19)23(21-17)20(25)12-22(4)15(3)24/h5-10,18H,11-12H2,1-4H3. The zero-order valence-electron chi connectivity index (χ0n) is 15.5. The molecule has 0 fully saturated rings. The fourth-order valence-corrected chi connectivity index (χ4v) is 2.92. The summed E-state index contributed by atoms with van der Waals surface area (Å²) in [6, 6.07) is 9.52. The van der Waals surface area contributed by atoms with Gasteiger partial charge in [0.05, 0.1) is 12.0 Å².